The van der Waals surface area contributed by atoms with Gasteiger partial charge in [0.25, 0.3) is 5.91 Å². The number of nitrogens with one attached hydrogen (secondary N) is 1. The van der Waals surface area contributed by atoms with Crippen molar-refractivity contribution in [1.29, 1.82) is 0 Å². The van der Waals surface area contributed by atoms with Crippen LogP contribution in [0.4, 0.5) is 4.39 Å². The fourth-order valence-corrected chi connectivity index (χ4v) is 4.31. The second-order valence-electron chi connectivity index (χ2n) is 7.49. The highest BCUT2D eigenvalue weighted by molar-refractivity contribution is 7.16. The van der Waals surface area contributed by atoms with Crippen LogP contribution in [0.25, 0.3) is 16.5 Å². The molecule has 1 aromatic heterocycles. The smallest absolute Gasteiger partial charge is 0.251 e. The molecule has 31 heavy (non-hydrogen) atoms. The molecule has 2 aromatic carbocycles. The Kier molecular flexibility index (Phi) is 6.28. The van der Waals surface area contributed by atoms with Gasteiger partial charge in [0, 0.05) is 46.6 Å². The van der Waals surface area contributed by atoms with Gasteiger partial charge in [-0.3, -0.25) is 9.59 Å². The Balaban J connectivity index is 1.44. The number of hydrogen-bond acceptors (Lipinski definition) is 3. The molecule has 1 N–H and O–H groups in total. The third kappa shape index (κ3) is 5.09. The molecule has 1 aliphatic carbocycles. The molecule has 0 unspecified atom stereocenters. The Hall–Kier alpha value is -3.25. The number of nitrogens with zero attached hydrogens (tertiary/aromatic N) is 1. The number of benzene rings is 2. The third-order valence-corrected chi connectivity index (χ3v) is 6.31. The van der Waals surface area contributed by atoms with Gasteiger partial charge in [-0.1, -0.05) is 30.3 Å². The van der Waals surface area contributed by atoms with Crippen LogP contribution in [0.5, 0.6) is 0 Å². The number of amides is 2. The highest BCUT2D eigenvalue weighted by atomic mass is 32.1. The highest BCUT2D eigenvalue weighted by Crippen LogP contribution is 2.31. The molecule has 6 heteroatoms. The van der Waals surface area contributed by atoms with Crippen molar-refractivity contribution in [2.24, 2.45) is 0 Å². The normalized spacial score (nSPS) is 13.4. The summed E-state index contributed by atoms with van der Waals surface area (Å²) in [7, 11) is 1.60. The highest BCUT2D eigenvalue weighted by Gasteiger charge is 2.31. The SMILES string of the molecule is CNC(=O)c1ccc(CN(C(=O)/C=C/c2ccc(-c3ccccc3F)s2)C2CC2)cc1. The molecule has 1 aliphatic rings. The standard InChI is InChI=1S/C25H23FN2O2S/c1-27-25(30)18-8-6-17(7-9-18)16-28(19-10-11-19)24(29)15-13-20-12-14-23(31-20)21-4-2-3-5-22(21)26/h2-9,12-15,19H,10-11,16H2,1H3,(H,27,30)/b15-13+. The predicted octanol–water partition coefficient (Wildman–Crippen LogP) is 5.12. The van der Waals surface area contributed by atoms with Gasteiger partial charge in [-0.05, 0) is 54.8 Å². The summed E-state index contributed by atoms with van der Waals surface area (Å²) in [4.78, 5) is 28.2. The first-order chi connectivity index (χ1) is 15.0. The van der Waals surface area contributed by atoms with Gasteiger partial charge in [-0.25, -0.2) is 4.39 Å². The van der Waals surface area contributed by atoms with Crippen molar-refractivity contribution >= 4 is 29.2 Å². The van der Waals surface area contributed by atoms with Gasteiger partial charge in [-0.2, -0.15) is 0 Å². The molecular formula is C25H23FN2O2S. The fraction of sp³-hybridized carbons (Fsp3) is 0.200. The molecule has 1 fully saturated rings. The second-order valence-corrected chi connectivity index (χ2v) is 8.60. The van der Waals surface area contributed by atoms with E-state index >= 15 is 0 Å². The summed E-state index contributed by atoms with van der Waals surface area (Å²) < 4.78 is 14.0. The molecule has 2 amide bonds. The van der Waals surface area contributed by atoms with E-state index in [4.69, 9.17) is 0 Å². The monoisotopic (exact) mass is 434 g/mol. The van der Waals surface area contributed by atoms with Gasteiger partial charge in [0.05, 0.1) is 0 Å². The summed E-state index contributed by atoms with van der Waals surface area (Å²) in [6.07, 6.45) is 5.40. The van der Waals surface area contributed by atoms with Crippen LogP contribution in [-0.2, 0) is 11.3 Å². The first kappa shape index (κ1) is 21.0. The Morgan fingerprint density at radius 3 is 2.52 bits per heavy atom. The molecule has 1 saturated carbocycles. The minimum absolute atomic E-state index is 0.0429. The van der Waals surface area contributed by atoms with Gasteiger partial charge >= 0.3 is 0 Å². The molecule has 0 saturated heterocycles. The average Bonchev–Trinajstić information content (AvgIpc) is 3.53. The lowest BCUT2D eigenvalue weighted by Gasteiger charge is -2.21. The molecule has 0 bridgehead atoms. The zero-order valence-corrected chi connectivity index (χ0v) is 18.0. The Morgan fingerprint density at radius 2 is 1.84 bits per heavy atom. The molecular weight excluding hydrogens is 411 g/mol. The van der Waals surface area contributed by atoms with Gasteiger partial charge in [-0.15, -0.1) is 11.3 Å². The Bertz CT molecular complexity index is 1120. The van der Waals surface area contributed by atoms with Crippen molar-refractivity contribution in [3.05, 3.63) is 88.6 Å². The summed E-state index contributed by atoms with van der Waals surface area (Å²) in [5, 5.41) is 2.60. The number of rotatable bonds is 7. The number of carbonyl (C=O) groups is 2. The van der Waals surface area contributed by atoms with E-state index in [0.29, 0.717) is 17.7 Å². The molecule has 4 rings (SSSR count). The minimum Gasteiger partial charge on any atom is -0.355 e. The maximum Gasteiger partial charge on any atom is 0.251 e. The van der Waals surface area contributed by atoms with Gasteiger partial charge in [0.15, 0.2) is 0 Å². The van der Waals surface area contributed by atoms with Crippen LogP contribution in [0, 0.1) is 5.82 Å². The lowest BCUT2D eigenvalue weighted by molar-refractivity contribution is -0.127. The van der Waals surface area contributed by atoms with Crippen LogP contribution in [0.2, 0.25) is 0 Å². The molecule has 1 heterocycles. The fourth-order valence-electron chi connectivity index (χ4n) is 3.37. The van der Waals surface area contributed by atoms with Crippen LogP contribution in [0.15, 0.2) is 66.7 Å². The molecule has 0 radical (unpaired) electrons. The zero-order chi connectivity index (χ0) is 21.8. The van der Waals surface area contributed by atoms with Gasteiger partial charge in [0.1, 0.15) is 5.82 Å². The van der Waals surface area contributed by atoms with Crippen LogP contribution in [-0.4, -0.2) is 29.8 Å². The number of carbonyl (C=O) groups excluding carboxylic acids is 2. The topological polar surface area (TPSA) is 49.4 Å². The van der Waals surface area contributed by atoms with E-state index in [0.717, 1.165) is 28.2 Å². The molecule has 0 aliphatic heterocycles. The maximum absolute atomic E-state index is 14.0. The van der Waals surface area contributed by atoms with Crippen molar-refractivity contribution in [2.75, 3.05) is 7.05 Å². The van der Waals surface area contributed by atoms with E-state index in [9.17, 15) is 14.0 Å². The first-order valence-corrected chi connectivity index (χ1v) is 11.0. The van der Waals surface area contributed by atoms with Crippen molar-refractivity contribution in [3.8, 4) is 10.4 Å². The summed E-state index contributed by atoms with van der Waals surface area (Å²) in [5.41, 5.74) is 2.15. The largest absolute Gasteiger partial charge is 0.355 e. The summed E-state index contributed by atoms with van der Waals surface area (Å²) in [6, 6.07) is 18.0. The van der Waals surface area contributed by atoms with E-state index in [2.05, 4.69) is 5.32 Å². The quantitative estimate of drug-likeness (QED) is 0.525. The van der Waals surface area contributed by atoms with E-state index in [-0.39, 0.29) is 23.7 Å². The minimum atomic E-state index is -0.252. The molecule has 158 valence electrons. The number of halogens is 1. The van der Waals surface area contributed by atoms with Crippen molar-refractivity contribution in [3.63, 3.8) is 0 Å². The maximum atomic E-state index is 14.0. The lowest BCUT2D eigenvalue weighted by atomic mass is 10.1. The first-order valence-electron chi connectivity index (χ1n) is 10.2. The third-order valence-electron chi connectivity index (χ3n) is 5.22. The van der Waals surface area contributed by atoms with E-state index < -0.39 is 0 Å². The lowest BCUT2D eigenvalue weighted by Crippen LogP contribution is -2.31. The van der Waals surface area contributed by atoms with Crippen LogP contribution in [0.3, 0.4) is 0 Å². The average molecular weight is 435 g/mol. The Morgan fingerprint density at radius 1 is 1.10 bits per heavy atom. The van der Waals surface area contributed by atoms with Crippen molar-refractivity contribution in [2.45, 2.75) is 25.4 Å². The van der Waals surface area contributed by atoms with Crippen molar-refractivity contribution < 1.29 is 14.0 Å². The zero-order valence-electron chi connectivity index (χ0n) is 17.2. The Labute approximate surface area is 185 Å². The molecule has 0 spiro atoms. The van der Waals surface area contributed by atoms with E-state index in [1.807, 2.05) is 35.2 Å². The van der Waals surface area contributed by atoms with Crippen LogP contribution in [0.1, 0.15) is 33.6 Å². The van der Waals surface area contributed by atoms with Crippen LogP contribution < -0.4 is 5.32 Å². The second kappa shape index (κ2) is 9.27. The van der Waals surface area contributed by atoms with Gasteiger partial charge < -0.3 is 10.2 Å². The summed E-state index contributed by atoms with van der Waals surface area (Å²) in [5.74, 6) is -0.424. The summed E-state index contributed by atoms with van der Waals surface area (Å²) in [6.45, 7) is 0.507. The molecule has 3 aromatic rings. The summed E-state index contributed by atoms with van der Waals surface area (Å²) >= 11 is 1.45. The number of thiophene rings is 1. The predicted molar refractivity (Wildman–Crippen MR) is 122 cm³/mol. The van der Waals surface area contributed by atoms with Crippen LogP contribution >= 0.6 is 11.3 Å². The van der Waals surface area contributed by atoms with Crippen molar-refractivity contribution in [1.82, 2.24) is 10.2 Å². The molecule has 0 atom stereocenters. The van der Waals surface area contributed by atoms with E-state index in [1.165, 1.54) is 17.4 Å². The van der Waals surface area contributed by atoms with E-state index in [1.54, 1.807) is 43.5 Å². The number of hydrogen-bond donors (Lipinski definition) is 1. The van der Waals surface area contributed by atoms with Gasteiger partial charge in [0.2, 0.25) is 5.91 Å². The molecule has 4 nitrogen and oxygen atoms in total.